The number of ether oxygens (including phenoxy) is 2. The third-order valence-electron chi connectivity index (χ3n) is 5.40. The maximum absolute atomic E-state index is 12.7. The van der Waals surface area contributed by atoms with Gasteiger partial charge in [-0.25, -0.2) is 4.79 Å². The average Bonchev–Trinajstić information content (AvgIpc) is 2.74. The van der Waals surface area contributed by atoms with E-state index in [1.54, 1.807) is 19.9 Å². The molecule has 1 amide bonds. The van der Waals surface area contributed by atoms with E-state index in [9.17, 15) is 32.7 Å². The lowest BCUT2D eigenvalue weighted by Crippen LogP contribution is -2.38. The summed E-state index contributed by atoms with van der Waals surface area (Å²) in [5.41, 5.74) is -0.320. The number of rotatable bonds is 10. The first-order chi connectivity index (χ1) is 16.2. The van der Waals surface area contributed by atoms with E-state index < -0.39 is 42.3 Å². The number of halogens is 3. The summed E-state index contributed by atoms with van der Waals surface area (Å²) in [7, 11) is 0. The van der Waals surface area contributed by atoms with E-state index in [1.165, 1.54) is 25.1 Å². The Balaban J connectivity index is 1.93. The highest BCUT2D eigenvalue weighted by atomic mass is 19.4. The number of carboxylic acid groups (broad SMARTS) is 1. The number of alkyl halides is 3. The fraction of sp³-hybridized carbons (Fsp3) is 0.458. The van der Waals surface area contributed by atoms with E-state index in [0.29, 0.717) is 23.4 Å². The van der Waals surface area contributed by atoms with Crippen LogP contribution in [0.2, 0.25) is 0 Å². The van der Waals surface area contributed by atoms with Crippen LogP contribution in [0.15, 0.2) is 35.6 Å². The summed E-state index contributed by atoms with van der Waals surface area (Å²) in [6.07, 6.45) is -3.48. The van der Waals surface area contributed by atoms with Crippen molar-refractivity contribution in [2.75, 3.05) is 18.5 Å². The minimum Gasteiger partial charge on any atom is -0.498 e. The summed E-state index contributed by atoms with van der Waals surface area (Å²) in [4.78, 5) is 34.0. The van der Waals surface area contributed by atoms with Crippen molar-refractivity contribution in [2.24, 2.45) is 0 Å². The zero-order valence-corrected chi connectivity index (χ0v) is 19.6. The van der Waals surface area contributed by atoms with Crippen LogP contribution in [-0.4, -0.2) is 52.9 Å². The number of carboxylic acids is 1. The van der Waals surface area contributed by atoms with E-state index in [4.69, 9.17) is 14.6 Å². The molecule has 11 heteroatoms. The summed E-state index contributed by atoms with van der Waals surface area (Å²) < 4.78 is 49.3. The number of anilines is 1. The lowest BCUT2D eigenvalue weighted by Gasteiger charge is -2.33. The number of hydrogen-bond donors (Lipinski definition) is 3. The van der Waals surface area contributed by atoms with Gasteiger partial charge in [0.15, 0.2) is 5.78 Å². The number of carbonyl (C=O) groups excluding carboxylic acids is 2. The first-order valence-electron chi connectivity index (χ1n) is 10.8. The van der Waals surface area contributed by atoms with E-state index in [1.807, 2.05) is 0 Å². The second kappa shape index (κ2) is 11.4. The van der Waals surface area contributed by atoms with Crippen LogP contribution >= 0.6 is 0 Å². The minimum atomic E-state index is -4.47. The van der Waals surface area contributed by atoms with Crippen LogP contribution in [0, 0.1) is 13.8 Å². The van der Waals surface area contributed by atoms with Crippen molar-refractivity contribution >= 4 is 23.3 Å². The third kappa shape index (κ3) is 8.13. The first kappa shape index (κ1) is 27.9. The van der Waals surface area contributed by atoms with Crippen molar-refractivity contribution in [1.29, 1.82) is 0 Å². The minimum absolute atomic E-state index is 0.0851. The highest BCUT2D eigenvalue weighted by molar-refractivity contribution is 6.36. The number of aliphatic carboxylic acids is 1. The van der Waals surface area contributed by atoms with Gasteiger partial charge in [0.2, 0.25) is 0 Å². The Morgan fingerprint density at radius 1 is 1.09 bits per heavy atom. The molecule has 0 aromatic heterocycles. The van der Waals surface area contributed by atoms with Crippen molar-refractivity contribution < 1.29 is 47.2 Å². The van der Waals surface area contributed by atoms with Gasteiger partial charge in [-0.2, -0.15) is 13.2 Å². The molecule has 0 saturated heterocycles. The Morgan fingerprint density at radius 2 is 1.74 bits per heavy atom. The van der Waals surface area contributed by atoms with Crippen LogP contribution in [0.25, 0.3) is 0 Å². The first-order valence-corrected chi connectivity index (χ1v) is 10.8. The van der Waals surface area contributed by atoms with E-state index in [0.717, 1.165) is 5.56 Å². The molecule has 35 heavy (non-hydrogen) atoms. The molecule has 0 fully saturated rings. The molecule has 0 bridgehead atoms. The average molecular weight is 499 g/mol. The van der Waals surface area contributed by atoms with Gasteiger partial charge >= 0.3 is 18.1 Å². The SMILES string of the molecule is CC(=O)C1=CC=C(OCCCOc2cc(NC(=O)C(=O)O)c(C)cc2C)CC1(O)CCC(F)(F)F. The molecule has 192 valence electrons. The Bertz CT molecular complexity index is 1050. The topological polar surface area (TPSA) is 122 Å². The van der Waals surface area contributed by atoms with Gasteiger partial charge in [0.25, 0.3) is 0 Å². The predicted molar refractivity (Wildman–Crippen MR) is 120 cm³/mol. The Hall–Kier alpha value is -3.34. The van der Waals surface area contributed by atoms with Crippen LogP contribution in [-0.2, 0) is 19.1 Å². The Labute approximate surface area is 200 Å². The van der Waals surface area contributed by atoms with Gasteiger partial charge in [0.1, 0.15) is 11.4 Å². The highest BCUT2D eigenvalue weighted by Gasteiger charge is 2.41. The van der Waals surface area contributed by atoms with E-state index >= 15 is 0 Å². The molecule has 2 rings (SSSR count). The number of hydrogen-bond acceptors (Lipinski definition) is 6. The normalized spacial score (nSPS) is 17.8. The number of amides is 1. The zero-order chi connectivity index (χ0) is 26.4. The molecule has 3 N–H and O–H groups in total. The number of aliphatic hydroxyl groups is 1. The maximum Gasteiger partial charge on any atom is 0.394 e. The fourth-order valence-electron chi connectivity index (χ4n) is 3.63. The number of aryl methyl sites for hydroxylation is 2. The molecule has 0 spiro atoms. The quantitative estimate of drug-likeness (QED) is 0.329. The Morgan fingerprint density at radius 3 is 2.34 bits per heavy atom. The van der Waals surface area contributed by atoms with Gasteiger partial charge in [-0.15, -0.1) is 0 Å². The maximum atomic E-state index is 12.7. The van der Waals surface area contributed by atoms with E-state index in [2.05, 4.69) is 5.32 Å². The summed E-state index contributed by atoms with van der Waals surface area (Å²) in [5.74, 6) is -2.61. The number of Topliss-reactive ketones (excluding diaryl/α,β-unsaturated/α-hetero) is 1. The van der Waals surface area contributed by atoms with Gasteiger partial charge in [-0.3, -0.25) is 9.59 Å². The van der Waals surface area contributed by atoms with Crippen LogP contribution < -0.4 is 10.1 Å². The van der Waals surface area contributed by atoms with Crippen molar-refractivity contribution in [3.8, 4) is 5.75 Å². The van der Waals surface area contributed by atoms with Crippen LogP contribution in [0.3, 0.4) is 0 Å². The summed E-state index contributed by atoms with van der Waals surface area (Å²) in [6, 6.07) is 3.25. The lowest BCUT2D eigenvalue weighted by molar-refractivity contribution is -0.147. The smallest absolute Gasteiger partial charge is 0.394 e. The largest absolute Gasteiger partial charge is 0.498 e. The number of carbonyl (C=O) groups is 3. The molecule has 0 heterocycles. The molecular weight excluding hydrogens is 471 g/mol. The van der Waals surface area contributed by atoms with Gasteiger partial charge in [0.05, 0.1) is 19.0 Å². The van der Waals surface area contributed by atoms with Gasteiger partial charge in [0, 0.05) is 36.6 Å². The van der Waals surface area contributed by atoms with Gasteiger partial charge in [-0.05, 0) is 50.5 Å². The van der Waals surface area contributed by atoms with Crippen LogP contribution in [0.5, 0.6) is 5.75 Å². The van der Waals surface area contributed by atoms with Crippen LogP contribution in [0.1, 0.15) is 43.7 Å². The molecule has 0 saturated carbocycles. The molecule has 0 aliphatic heterocycles. The van der Waals surface area contributed by atoms with E-state index in [-0.39, 0.29) is 31.0 Å². The summed E-state index contributed by atoms with van der Waals surface area (Å²) in [6.45, 7) is 5.01. The molecule has 8 nitrogen and oxygen atoms in total. The van der Waals surface area contributed by atoms with Crippen LogP contribution in [0.4, 0.5) is 18.9 Å². The number of ketones is 1. The van der Waals surface area contributed by atoms with Gasteiger partial charge in [-0.1, -0.05) is 6.07 Å². The molecule has 1 aliphatic rings. The number of allylic oxidation sites excluding steroid dienone is 2. The standard InChI is InChI=1S/C24H28F3NO7/c1-14-11-15(2)20(12-19(14)28-21(30)22(31)32)35-10-4-9-34-17-5-6-18(16(3)29)23(33,13-17)7-8-24(25,26)27/h5-6,11-12,33H,4,7-10,13H2,1-3H3,(H,28,30)(H,31,32). The number of benzene rings is 1. The Kier molecular flexibility index (Phi) is 9.08. The fourth-order valence-corrected chi connectivity index (χ4v) is 3.63. The van der Waals surface area contributed by atoms with Crippen molar-refractivity contribution in [1.82, 2.24) is 0 Å². The second-order valence-corrected chi connectivity index (χ2v) is 8.34. The molecule has 1 aromatic carbocycles. The predicted octanol–water partition coefficient (Wildman–Crippen LogP) is 3.99. The van der Waals surface area contributed by atoms with Crippen molar-refractivity contribution in [3.05, 3.63) is 46.7 Å². The third-order valence-corrected chi connectivity index (χ3v) is 5.40. The summed E-state index contributed by atoms with van der Waals surface area (Å²) in [5, 5.41) is 21.8. The van der Waals surface area contributed by atoms with Gasteiger partial charge < -0.3 is 25.0 Å². The second-order valence-electron chi connectivity index (χ2n) is 8.34. The monoisotopic (exact) mass is 499 g/mol. The molecule has 1 atom stereocenters. The molecule has 1 aromatic rings. The molecule has 1 aliphatic carbocycles. The van der Waals surface area contributed by atoms with Crippen molar-refractivity contribution in [2.45, 2.75) is 58.2 Å². The molecular formula is C24H28F3NO7. The zero-order valence-electron chi connectivity index (χ0n) is 19.6. The molecule has 0 radical (unpaired) electrons. The molecule has 1 unspecified atom stereocenters. The summed E-state index contributed by atoms with van der Waals surface area (Å²) >= 11 is 0. The lowest BCUT2D eigenvalue weighted by atomic mass is 9.80. The van der Waals surface area contributed by atoms with Crippen molar-refractivity contribution in [3.63, 3.8) is 0 Å². The highest BCUT2D eigenvalue weighted by Crippen LogP contribution is 2.37. The number of nitrogens with one attached hydrogen (secondary N) is 1.